The van der Waals surface area contributed by atoms with E-state index in [1.807, 2.05) is 59.0 Å². The third-order valence-electron chi connectivity index (χ3n) is 5.09. The van der Waals surface area contributed by atoms with Crippen molar-refractivity contribution >= 4 is 34.2 Å². The number of unbranched alkanes of at least 4 members (excludes halogenated alkanes) is 1. The maximum atomic E-state index is 13.0. The van der Waals surface area contributed by atoms with Crippen molar-refractivity contribution in [3.63, 3.8) is 0 Å². The van der Waals surface area contributed by atoms with Gasteiger partial charge in [-0.05, 0) is 25.0 Å². The average molecular weight is 421 g/mol. The second-order valence-corrected chi connectivity index (χ2v) is 8.25. The van der Waals surface area contributed by atoms with Crippen molar-refractivity contribution in [1.82, 2.24) is 19.2 Å². The molecule has 0 spiro atoms. The quantitative estimate of drug-likeness (QED) is 0.225. The van der Waals surface area contributed by atoms with Crippen LogP contribution in [0.25, 0.3) is 16.7 Å². The van der Waals surface area contributed by atoms with E-state index in [1.165, 1.54) is 0 Å². The van der Waals surface area contributed by atoms with Gasteiger partial charge in [-0.2, -0.15) is 0 Å². The molecule has 0 saturated heterocycles. The van der Waals surface area contributed by atoms with E-state index < -0.39 is 0 Å². The highest BCUT2D eigenvalue weighted by atomic mass is 32.2. The Labute approximate surface area is 178 Å². The van der Waals surface area contributed by atoms with Gasteiger partial charge in [-0.15, -0.1) is 10.2 Å². The number of para-hydroxylation sites is 1. The van der Waals surface area contributed by atoms with E-state index in [9.17, 15) is 9.59 Å². The SMILES string of the molecule is CCCCn1c(=O)c2ccccc2n2c(SCCCC(=O)c3ccccc3)nnc12. The third-order valence-corrected chi connectivity index (χ3v) is 6.10. The van der Waals surface area contributed by atoms with Gasteiger partial charge < -0.3 is 0 Å². The summed E-state index contributed by atoms with van der Waals surface area (Å²) >= 11 is 1.57. The monoisotopic (exact) mass is 420 g/mol. The van der Waals surface area contributed by atoms with Crippen molar-refractivity contribution in [2.45, 2.75) is 44.3 Å². The molecule has 0 fully saturated rings. The number of aryl methyl sites for hydroxylation is 1. The molecule has 154 valence electrons. The first-order valence-electron chi connectivity index (χ1n) is 10.3. The largest absolute Gasteiger partial charge is 0.294 e. The van der Waals surface area contributed by atoms with Crippen molar-refractivity contribution in [2.24, 2.45) is 0 Å². The van der Waals surface area contributed by atoms with Crippen molar-refractivity contribution in [1.29, 1.82) is 0 Å². The first-order chi connectivity index (χ1) is 14.7. The second-order valence-electron chi connectivity index (χ2n) is 7.19. The van der Waals surface area contributed by atoms with E-state index in [0.717, 1.165) is 41.3 Å². The highest BCUT2D eigenvalue weighted by Crippen LogP contribution is 2.23. The molecule has 2 aromatic carbocycles. The topological polar surface area (TPSA) is 69.3 Å². The second kappa shape index (κ2) is 9.26. The van der Waals surface area contributed by atoms with Crippen LogP contribution in [0.3, 0.4) is 0 Å². The van der Waals surface area contributed by atoms with Gasteiger partial charge in [-0.3, -0.25) is 18.6 Å². The van der Waals surface area contributed by atoms with Crippen LogP contribution in [-0.2, 0) is 6.54 Å². The number of aromatic nitrogens is 4. The summed E-state index contributed by atoms with van der Waals surface area (Å²) in [6, 6.07) is 17.0. The van der Waals surface area contributed by atoms with E-state index in [0.29, 0.717) is 24.1 Å². The summed E-state index contributed by atoms with van der Waals surface area (Å²) < 4.78 is 3.69. The summed E-state index contributed by atoms with van der Waals surface area (Å²) in [4.78, 5) is 25.3. The number of thioether (sulfide) groups is 1. The Morgan fingerprint density at radius 3 is 2.57 bits per heavy atom. The molecular formula is C23H24N4O2S. The number of benzene rings is 2. The van der Waals surface area contributed by atoms with Gasteiger partial charge in [0.25, 0.3) is 5.56 Å². The van der Waals surface area contributed by atoms with Crippen LogP contribution in [-0.4, -0.2) is 30.7 Å². The number of ketones is 1. The molecule has 0 atom stereocenters. The van der Waals surface area contributed by atoms with Gasteiger partial charge in [0, 0.05) is 24.3 Å². The molecule has 0 radical (unpaired) electrons. The number of carbonyl (C=O) groups is 1. The molecule has 0 bridgehead atoms. The van der Waals surface area contributed by atoms with Crippen LogP contribution in [0.5, 0.6) is 0 Å². The predicted octanol–water partition coefficient (Wildman–Crippen LogP) is 4.60. The van der Waals surface area contributed by atoms with Gasteiger partial charge >= 0.3 is 0 Å². The van der Waals surface area contributed by atoms with E-state index in [-0.39, 0.29) is 11.3 Å². The molecule has 30 heavy (non-hydrogen) atoms. The average Bonchev–Trinajstić information content (AvgIpc) is 3.21. The zero-order valence-electron chi connectivity index (χ0n) is 17.0. The standard InChI is InChI=1S/C23H24N4O2S/c1-2-3-15-26-21(29)18-12-7-8-13-19(18)27-22(26)24-25-23(27)30-16-9-14-20(28)17-10-5-4-6-11-17/h4-8,10-13H,2-3,9,14-16H2,1H3. The van der Waals surface area contributed by atoms with Crippen LogP contribution in [0.4, 0.5) is 0 Å². The molecule has 0 aliphatic carbocycles. The lowest BCUT2D eigenvalue weighted by atomic mass is 10.1. The predicted molar refractivity (Wildman–Crippen MR) is 120 cm³/mol. The summed E-state index contributed by atoms with van der Waals surface area (Å²) in [6.45, 7) is 2.73. The highest BCUT2D eigenvalue weighted by molar-refractivity contribution is 7.99. The maximum absolute atomic E-state index is 13.0. The molecule has 4 rings (SSSR count). The number of Topliss-reactive ketones (excluding diaryl/α,β-unsaturated/α-hetero) is 1. The Balaban J connectivity index is 1.57. The molecule has 2 aromatic heterocycles. The first kappa shape index (κ1) is 20.3. The van der Waals surface area contributed by atoms with Crippen molar-refractivity contribution in [2.75, 3.05) is 5.75 Å². The van der Waals surface area contributed by atoms with Gasteiger partial charge in [0.05, 0.1) is 10.9 Å². The molecule has 0 aliphatic rings. The van der Waals surface area contributed by atoms with Crippen LogP contribution in [0.15, 0.2) is 64.5 Å². The number of fused-ring (bicyclic) bond motifs is 3. The minimum absolute atomic E-state index is 0.0241. The Morgan fingerprint density at radius 2 is 1.77 bits per heavy atom. The summed E-state index contributed by atoms with van der Waals surface area (Å²) in [5.74, 6) is 1.48. The molecule has 7 heteroatoms. The zero-order chi connectivity index (χ0) is 20.9. The molecule has 2 heterocycles. The first-order valence-corrected chi connectivity index (χ1v) is 11.3. The number of nitrogens with zero attached hydrogens (tertiary/aromatic N) is 4. The molecule has 0 saturated carbocycles. The van der Waals surface area contributed by atoms with Crippen molar-refractivity contribution in [3.05, 3.63) is 70.5 Å². The normalized spacial score (nSPS) is 11.4. The molecule has 0 unspecified atom stereocenters. The molecular weight excluding hydrogens is 396 g/mol. The number of hydrogen-bond acceptors (Lipinski definition) is 5. The summed E-state index contributed by atoms with van der Waals surface area (Å²) in [5, 5.41) is 10.1. The molecule has 0 amide bonds. The van der Waals surface area contributed by atoms with E-state index in [2.05, 4.69) is 17.1 Å². The maximum Gasteiger partial charge on any atom is 0.262 e. The van der Waals surface area contributed by atoms with Crippen LogP contribution >= 0.6 is 11.8 Å². The van der Waals surface area contributed by atoms with E-state index in [1.54, 1.807) is 16.3 Å². The summed E-state index contributed by atoms with van der Waals surface area (Å²) in [5.41, 5.74) is 1.54. The third kappa shape index (κ3) is 4.03. The highest BCUT2D eigenvalue weighted by Gasteiger charge is 2.16. The van der Waals surface area contributed by atoms with Crippen LogP contribution in [0.2, 0.25) is 0 Å². The Hall–Kier alpha value is -2.93. The Bertz CT molecular complexity index is 1230. The van der Waals surface area contributed by atoms with E-state index in [4.69, 9.17) is 0 Å². The van der Waals surface area contributed by atoms with Crippen LogP contribution in [0, 0.1) is 0 Å². The van der Waals surface area contributed by atoms with Crippen LogP contribution < -0.4 is 5.56 Å². The van der Waals surface area contributed by atoms with Gasteiger partial charge in [0.1, 0.15) is 0 Å². The fraction of sp³-hybridized carbons (Fsp3) is 0.304. The lowest BCUT2D eigenvalue weighted by molar-refractivity contribution is 0.0982. The van der Waals surface area contributed by atoms with Gasteiger partial charge in [0.15, 0.2) is 10.9 Å². The molecule has 6 nitrogen and oxygen atoms in total. The number of rotatable bonds is 9. The van der Waals surface area contributed by atoms with Gasteiger partial charge in [0.2, 0.25) is 5.78 Å². The zero-order valence-corrected chi connectivity index (χ0v) is 17.8. The lowest BCUT2D eigenvalue weighted by Crippen LogP contribution is -2.23. The lowest BCUT2D eigenvalue weighted by Gasteiger charge is -2.10. The smallest absolute Gasteiger partial charge is 0.262 e. The Morgan fingerprint density at radius 1 is 1.00 bits per heavy atom. The molecule has 0 N–H and O–H groups in total. The van der Waals surface area contributed by atoms with E-state index >= 15 is 0 Å². The van der Waals surface area contributed by atoms with Gasteiger partial charge in [-0.1, -0.05) is 67.6 Å². The summed E-state index contributed by atoms with van der Waals surface area (Å²) in [6.07, 6.45) is 3.15. The fourth-order valence-corrected chi connectivity index (χ4v) is 4.39. The van der Waals surface area contributed by atoms with Crippen molar-refractivity contribution < 1.29 is 4.79 Å². The van der Waals surface area contributed by atoms with Crippen molar-refractivity contribution in [3.8, 4) is 0 Å². The Kier molecular flexibility index (Phi) is 6.28. The molecule has 4 aromatic rings. The minimum atomic E-state index is -0.0241. The minimum Gasteiger partial charge on any atom is -0.294 e. The molecule has 0 aliphatic heterocycles. The van der Waals surface area contributed by atoms with Gasteiger partial charge in [-0.25, -0.2) is 0 Å². The van der Waals surface area contributed by atoms with Crippen LogP contribution in [0.1, 0.15) is 43.0 Å². The number of carbonyl (C=O) groups excluding carboxylic acids is 1. The summed E-state index contributed by atoms with van der Waals surface area (Å²) in [7, 11) is 0. The number of hydrogen-bond donors (Lipinski definition) is 0. The fourth-order valence-electron chi connectivity index (χ4n) is 3.51.